The summed E-state index contributed by atoms with van der Waals surface area (Å²) in [5.41, 5.74) is 7.92. The SMILES string of the molecule is Cc1cc(O)c2c(N)c(N=Nc3ccccc3S(C)(=O)=O)ccc2c1.O=S(=O)=O. The first kappa shape index (κ1) is 22.0. The van der Waals surface area contributed by atoms with Crippen LogP contribution in [-0.2, 0) is 20.4 Å². The van der Waals surface area contributed by atoms with Gasteiger partial charge in [0.15, 0.2) is 9.84 Å². The van der Waals surface area contributed by atoms with Gasteiger partial charge in [0.05, 0.1) is 10.6 Å². The minimum absolute atomic E-state index is 0.0705. The van der Waals surface area contributed by atoms with Crippen LogP contribution in [0.3, 0.4) is 0 Å². The number of sulfone groups is 1. The third-order valence-corrected chi connectivity index (χ3v) is 4.93. The van der Waals surface area contributed by atoms with E-state index in [-0.39, 0.29) is 22.0 Å². The molecule has 0 spiro atoms. The maximum Gasteiger partial charge on any atom is 0.425 e. The van der Waals surface area contributed by atoms with E-state index >= 15 is 0 Å². The lowest BCUT2D eigenvalue weighted by Crippen LogP contribution is -1.96. The molecule has 0 unspecified atom stereocenters. The van der Waals surface area contributed by atoms with E-state index in [0.717, 1.165) is 17.2 Å². The van der Waals surface area contributed by atoms with E-state index in [2.05, 4.69) is 10.2 Å². The number of nitrogen functional groups attached to an aromatic ring is 1. The fourth-order valence-electron chi connectivity index (χ4n) is 2.65. The number of nitrogens with two attached hydrogens (primary N) is 1. The lowest BCUT2D eigenvalue weighted by molar-refractivity contribution is 0.481. The highest BCUT2D eigenvalue weighted by molar-refractivity contribution is 7.90. The average Bonchev–Trinajstić information content (AvgIpc) is 2.59. The minimum Gasteiger partial charge on any atom is -0.507 e. The van der Waals surface area contributed by atoms with Gasteiger partial charge in [-0.1, -0.05) is 24.3 Å². The minimum atomic E-state index is -3.42. The zero-order valence-electron chi connectivity index (χ0n) is 15.4. The van der Waals surface area contributed by atoms with Gasteiger partial charge in [0.2, 0.25) is 0 Å². The number of fused-ring (bicyclic) bond motifs is 1. The highest BCUT2D eigenvalue weighted by Gasteiger charge is 2.13. The third kappa shape index (κ3) is 5.59. The molecule has 0 aromatic heterocycles. The van der Waals surface area contributed by atoms with Crippen LogP contribution in [0.5, 0.6) is 5.75 Å². The molecule has 29 heavy (non-hydrogen) atoms. The van der Waals surface area contributed by atoms with Gasteiger partial charge >= 0.3 is 10.6 Å². The Morgan fingerprint density at radius 2 is 1.55 bits per heavy atom. The quantitative estimate of drug-likeness (QED) is 0.472. The van der Waals surface area contributed by atoms with E-state index in [1.807, 2.05) is 13.0 Å². The van der Waals surface area contributed by atoms with Crippen LogP contribution in [0.2, 0.25) is 0 Å². The largest absolute Gasteiger partial charge is 0.507 e. The van der Waals surface area contributed by atoms with Crippen molar-refractivity contribution in [1.29, 1.82) is 0 Å². The van der Waals surface area contributed by atoms with Crippen LogP contribution >= 0.6 is 0 Å². The molecule has 152 valence electrons. The number of aromatic hydroxyl groups is 1. The topological polar surface area (TPSA) is 156 Å². The van der Waals surface area contributed by atoms with Crippen molar-refractivity contribution in [1.82, 2.24) is 0 Å². The van der Waals surface area contributed by atoms with Gasteiger partial charge in [0.1, 0.15) is 17.1 Å². The Bertz CT molecular complexity index is 1310. The van der Waals surface area contributed by atoms with Crippen LogP contribution in [0.25, 0.3) is 10.8 Å². The molecule has 0 aliphatic rings. The number of rotatable bonds is 3. The number of nitrogens with zero attached hydrogens (tertiary/aromatic N) is 2. The first-order valence-electron chi connectivity index (χ1n) is 8.00. The van der Waals surface area contributed by atoms with Crippen molar-refractivity contribution in [3.05, 3.63) is 54.1 Å². The summed E-state index contributed by atoms with van der Waals surface area (Å²) < 4.78 is 49.0. The van der Waals surface area contributed by atoms with Crippen molar-refractivity contribution < 1.29 is 26.2 Å². The number of azo groups is 1. The van der Waals surface area contributed by atoms with Crippen molar-refractivity contribution in [2.75, 3.05) is 12.0 Å². The molecule has 0 saturated heterocycles. The molecule has 0 bridgehead atoms. The van der Waals surface area contributed by atoms with E-state index < -0.39 is 20.4 Å². The molecule has 0 radical (unpaired) electrons. The number of benzene rings is 3. The number of phenols is 1. The summed E-state index contributed by atoms with van der Waals surface area (Å²) in [6, 6.07) is 13.4. The van der Waals surface area contributed by atoms with Gasteiger partial charge in [-0.05, 0) is 42.1 Å². The second-order valence-corrected chi connectivity index (χ2v) is 8.42. The standard InChI is InChI=1S/C18H17N3O3S.O3S/c1-11-9-12-7-8-14(18(19)17(12)15(22)10-11)21-20-13-5-3-4-6-16(13)25(2,23)24;1-4(2)3/h3-10,22H,19H2,1-2H3;. The zero-order valence-corrected chi connectivity index (χ0v) is 17.0. The lowest BCUT2D eigenvalue weighted by atomic mass is 10.0. The number of hydrogen-bond donors (Lipinski definition) is 2. The molecule has 9 nitrogen and oxygen atoms in total. The third-order valence-electron chi connectivity index (χ3n) is 3.79. The predicted octanol–water partition coefficient (Wildman–Crippen LogP) is 3.25. The van der Waals surface area contributed by atoms with Crippen LogP contribution in [0.15, 0.2) is 63.7 Å². The zero-order chi connectivity index (χ0) is 21.8. The summed E-state index contributed by atoms with van der Waals surface area (Å²) in [7, 11) is -6.53. The molecular weight excluding hydrogens is 418 g/mol. The second kappa shape index (κ2) is 8.80. The molecule has 3 aromatic rings. The van der Waals surface area contributed by atoms with Crippen molar-refractivity contribution in [3.8, 4) is 5.75 Å². The monoisotopic (exact) mass is 435 g/mol. The van der Waals surface area contributed by atoms with Gasteiger partial charge in [-0.3, -0.25) is 0 Å². The number of anilines is 1. The van der Waals surface area contributed by atoms with Gasteiger partial charge in [-0.15, -0.1) is 22.9 Å². The first-order valence-corrected chi connectivity index (χ1v) is 10.9. The smallest absolute Gasteiger partial charge is 0.425 e. The predicted molar refractivity (Wildman–Crippen MR) is 108 cm³/mol. The molecule has 3 N–H and O–H groups in total. The maximum atomic E-state index is 11.8. The Balaban J connectivity index is 0.000000687. The van der Waals surface area contributed by atoms with Gasteiger partial charge in [-0.2, -0.15) is 0 Å². The molecule has 0 aliphatic heterocycles. The molecule has 3 rings (SSSR count). The van der Waals surface area contributed by atoms with Crippen LogP contribution in [-0.4, -0.2) is 32.4 Å². The number of phenolic OH excluding ortho intramolecular Hbond substituents is 1. The van der Waals surface area contributed by atoms with E-state index in [0.29, 0.717) is 11.1 Å². The highest BCUT2D eigenvalue weighted by atomic mass is 32.2. The van der Waals surface area contributed by atoms with E-state index in [4.69, 9.17) is 18.4 Å². The molecule has 3 aromatic carbocycles. The Labute approximate surface area is 168 Å². The second-order valence-electron chi connectivity index (χ2n) is 6.02. The summed E-state index contributed by atoms with van der Waals surface area (Å²) in [6.45, 7) is 1.88. The molecule has 0 fully saturated rings. The van der Waals surface area contributed by atoms with Crippen LogP contribution in [0.1, 0.15) is 5.56 Å². The Morgan fingerprint density at radius 1 is 0.966 bits per heavy atom. The Hall–Kier alpha value is -3.31. The summed E-state index contributed by atoms with van der Waals surface area (Å²) >= 11 is 0. The van der Waals surface area contributed by atoms with E-state index in [9.17, 15) is 13.5 Å². The van der Waals surface area contributed by atoms with E-state index in [1.165, 1.54) is 6.07 Å². The fraction of sp³-hybridized carbons (Fsp3) is 0.111. The maximum absolute atomic E-state index is 11.8. The van der Waals surface area contributed by atoms with Gasteiger partial charge in [0.25, 0.3) is 0 Å². The normalized spacial score (nSPS) is 11.2. The van der Waals surface area contributed by atoms with Gasteiger partial charge in [0, 0.05) is 11.6 Å². The molecular formula is C18H17N3O6S2. The van der Waals surface area contributed by atoms with Crippen molar-refractivity contribution in [2.24, 2.45) is 10.2 Å². The summed E-state index contributed by atoms with van der Waals surface area (Å²) in [5, 5.41) is 19.6. The van der Waals surface area contributed by atoms with Crippen LogP contribution in [0, 0.1) is 6.92 Å². The fourth-order valence-corrected chi connectivity index (χ4v) is 3.47. The average molecular weight is 435 g/mol. The lowest BCUT2D eigenvalue weighted by Gasteiger charge is -2.08. The van der Waals surface area contributed by atoms with Crippen molar-refractivity contribution in [2.45, 2.75) is 11.8 Å². The van der Waals surface area contributed by atoms with Crippen molar-refractivity contribution in [3.63, 3.8) is 0 Å². The van der Waals surface area contributed by atoms with Gasteiger partial charge in [-0.25, -0.2) is 8.42 Å². The molecule has 0 atom stereocenters. The molecule has 0 amide bonds. The number of aryl methyl sites for hydroxylation is 1. The van der Waals surface area contributed by atoms with Crippen molar-refractivity contribution >= 4 is 48.3 Å². The highest BCUT2D eigenvalue weighted by Crippen LogP contribution is 2.38. The molecule has 0 saturated carbocycles. The summed E-state index contributed by atoms with van der Waals surface area (Å²) in [5.74, 6) is 0.0705. The van der Waals surface area contributed by atoms with Crippen LogP contribution < -0.4 is 5.73 Å². The summed E-state index contributed by atoms with van der Waals surface area (Å²) in [4.78, 5) is 0.0941. The molecule has 0 aliphatic carbocycles. The first-order chi connectivity index (χ1) is 13.5. The molecule has 11 heteroatoms. The molecule has 0 heterocycles. The van der Waals surface area contributed by atoms with Crippen LogP contribution in [0.4, 0.5) is 17.1 Å². The Kier molecular flexibility index (Phi) is 6.67. The Morgan fingerprint density at radius 3 is 2.17 bits per heavy atom. The number of hydrogen-bond acceptors (Lipinski definition) is 9. The summed E-state index contributed by atoms with van der Waals surface area (Å²) in [6.07, 6.45) is 1.12. The van der Waals surface area contributed by atoms with Gasteiger partial charge < -0.3 is 10.8 Å². The van der Waals surface area contributed by atoms with E-state index in [1.54, 1.807) is 36.4 Å².